The van der Waals surface area contributed by atoms with Crippen molar-refractivity contribution in [1.82, 2.24) is 10.6 Å². The Hall–Kier alpha value is -3.63. The van der Waals surface area contributed by atoms with Crippen molar-refractivity contribution in [2.24, 2.45) is 16.5 Å². The van der Waals surface area contributed by atoms with Gasteiger partial charge in [-0.1, -0.05) is 6.07 Å². The number of amides is 2. The second-order valence-corrected chi connectivity index (χ2v) is 4.83. The lowest BCUT2D eigenvalue weighted by atomic mass is 10.2. The Balaban J connectivity index is 2.63. The van der Waals surface area contributed by atoms with Crippen LogP contribution in [0.25, 0.3) is 0 Å². The SMILES string of the molecule is NC(N)=Nc1cccc(C(=O)NCC(=O)NC(CC(=O)O)C(=O)O)c1. The van der Waals surface area contributed by atoms with Gasteiger partial charge in [-0.3, -0.25) is 14.4 Å². The number of rotatable bonds is 8. The van der Waals surface area contributed by atoms with Gasteiger partial charge in [0.05, 0.1) is 18.7 Å². The number of carboxylic acids is 2. The number of benzene rings is 1. The first kappa shape index (κ1) is 19.4. The largest absolute Gasteiger partial charge is 0.481 e. The van der Waals surface area contributed by atoms with Crippen molar-refractivity contribution in [2.45, 2.75) is 12.5 Å². The van der Waals surface area contributed by atoms with E-state index in [0.717, 1.165) is 0 Å². The molecule has 0 bridgehead atoms. The zero-order chi connectivity index (χ0) is 19.0. The molecule has 8 N–H and O–H groups in total. The van der Waals surface area contributed by atoms with E-state index in [1.54, 1.807) is 6.07 Å². The van der Waals surface area contributed by atoms with E-state index in [1.165, 1.54) is 18.2 Å². The van der Waals surface area contributed by atoms with Crippen LogP contribution in [0, 0.1) is 0 Å². The molecule has 25 heavy (non-hydrogen) atoms. The zero-order valence-corrected chi connectivity index (χ0v) is 12.9. The molecule has 2 amide bonds. The van der Waals surface area contributed by atoms with Crippen LogP contribution in [0.1, 0.15) is 16.8 Å². The Kier molecular flexibility index (Phi) is 6.88. The summed E-state index contributed by atoms with van der Waals surface area (Å²) in [6.45, 7) is -0.533. The van der Waals surface area contributed by atoms with Gasteiger partial charge >= 0.3 is 11.9 Å². The summed E-state index contributed by atoms with van der Waals surface area (Å²) in [4.78, 5) is 48.8. The molecule has 1 aromatic carbocycles. The summed E-state index contributed by atoms with van der Waals surface area (Å²) in [7, 11) is 0. The van der Waals surface area contributed by atoms with Crippen molar-refractivity contribution in [3.63, 3.8) is 0 Å². The third kappa shape index (κ3) is 6.99. The van der Waals surface area contributed by atoms with Gasteiger partial charge in [-0.2, -0.15) is 0 Å². The van der Waals surface area contributed by atoms with Crippen LogP contribution in [0.3, 0.4) is 0 Å². The smallest absolute Gasteiger partial charge is 0.326 e. The first-order chi connectivity index (χ1) is 11.7. The molecule has 0 aliphatic heterocycles. The highest BCUT2D eigenvalue weighted by atomic mass is 16.4. The summed E-state index contributed by atoms with van der Waals surface area (Å²) in [6.07, 6.45) is -0.782. The lowest BCUT2D eigenvalue weighted by molar-refractivity contribution is -0.147. The van der Waals surface area contributed by atoms with E-state index in [2.05, 4.69) is 10.3 Å². The van der Waals surface area contributed by atoms with Gasteiger partial charge in [0.25, 0.3) is 5.91 Å². The van der Waals surface area contributed by atoms with E-state index in [9.17, 15) is 19.2 Å². The fourth-order valence-electron chi connectivity index (χ4n) is 1.75. The quantitative estimate of drug-likeness (QED) is 0.237. The maximum absolute atomic E-state index is 12.0. The van der Waals surface area contributed by atoms with Crippen molar-refractivity contribution in [3.05, 3.63) is 29.8 Å². The monoisotopic (exact) mass is 351 g/mol. The molecule has 1 aromatic rings. The predicted octanol–water partition coefficient (Wildman–Crippen LogP) is -1.63. The van der Waals surface area contributed by atoms with E-state index in [0.29, 0.717) is 5.69 Å². The van der Waals surface area contributed by atoms with Crippen molar-refractivity contribution in [1.29, 1.82) is 0 Å². The number of carbonyl (C=O) groups is 4. The molecular formula is C14H17N5O6. The summed E-state index contributed by atoms with van der Waals surface area (Å²) in [5.41, 5.74) is 11.0. The van der Waals surface area contributed by atoms with E-state index in [4.69, 9.17) is 21.7 Å². The normalized spacial score (nSPS) is 11.0. The molecule has 11 heteroatoms. The molecule has 0 aromatic heterocycles. The van der Waals surface area contributed by atoms with Crippen molar-refractivity contribution >= 4 is 35.4 Å². The Morgan fingerprint density at radius 3 is 2.40 bits per heavy atom. The molecule has 0 aliphatic carbocycles. The molecule has 0 saturated heterocycles. The van der Waals surface area contributed by atoms with Gasteiger partial charge in [0, 0.05) is 5.56 Å². The molecule has 0 saturated carbocycles. The van der Waals surface area contributed by atoms with Gasteiger partial charge in [-0.25, -0.2) is 9.79 Å². The van der Waals surface area contributed by atoms with Crippen molar-refractivity contribution in [2.75, 3.05) is 6.54 Å². The number of nitrogens with one attached hydrogen (secondary N) is 2. The van der Waals surface area contributed by atoms with Gasteiger partial charge in [0.1, 0.15) is 6.04 Å². The van der Waals surface area contributed by atoms with Gasteiger partial charge < -0.3 is 32.3 Å². The van der Waals surface area contributed by atoms with Crippen LogP contribution in [0.4, 0.5) is 5.69 Å². The maximum atomic E-state index is 12.0. The van der Waals surface area contributed by atoms with Crippen molar-refractivity contribution < 1.29 is 29.4 Å². The Morgan fingerprint density at radius 2 is 1.84 bits per heavy atom. The fraction of sp³-hybridized carbons (Fsp3) is 0.214. The molecule has 11 nitrogen and oxygen atoms in total. The van der Waals surface area contributed by atoms with E-state index in [1.807, 2.05) is 5.32 Å². The van der Waals surface area contributed by atoms with Crippen molar-refractivity contribution in [3.8, 4) is 0 Å². The highest BCUT2D eigenvalue weighted by Gasteiger charge is 2.23. The lowest BCUT2D eigenvalue weighted by Gasteiger charge is -2.12. The van der Waals surface area contributed by atoms with E-state index in [-0.39, 0.29) is 11.5 Å². The second-order valence-electron chi connectivity index (χ2n) is 4.83. The number of aliphatic carboxylic acids is 2. The number of hydrogen-bond donors (Lipinski definition) is 6. The molecule has 0 heterocycles. The topological polar surface area (TPSA) is 197 Å². The molecule has 1 rings (SSSR count). The number of nitrogens with zero attached hydrogens (tertiary/aromatic N) is 1. The zero-order valence-electron chi connectivity index (χ0n) is 12.9. The standard InChI is InChI=1S/C14H17N5O6/c15-14(16)18-8-3-1-2-7(4-8)12(23)17-6-10(20)19-9(13(24)25)5-11(21)22/h1-4,9H,5-6H2,(H,17,23)(H,19,20)(H,21,22)(H,24,25)(H4,15,16,18). The predicted molar refractivity (Wildman–Crippen MR) is 86.1 cm³/mol. The third-order valence-corrected chi connectivity index (χ3v) is 2.79. The number of carboxylic acid groups (broad SMARTS) is 2. The maximum Gasteiger partial charge on any atom is 0.326 e. The summed E-state index contributed by atoms with van der Waals surface area (Å²) in [6, 6.07) is 4.35. The average molecular weight is 351 g/mol. The van der Waals surface area contributed by atoms with E-state index >= 15 is 0 Å². The minimum Gasteiger partial charge on any atom is -0.481 e. The Bertz CT molecular complexity index is 713. The van der Waals surface area contributed by atoms with Crippen LogP contribution in [0.15, 0.2) is 29.3 Å². The molecule has 1 atom stereocenters. The van der Waals surface area contributed by atoms with Gasteiger partial charge in [0.15, 0.2) is 5.96 Å². The number of aliphatic imine (C=N–C) groups is 1. The van der Waals surface area contributed by atoms with Crippen LogP contribution in [0.2, 0.25) is 0 Å². The number of hydrogen-bond acceptors (Lipinski definition) is 5. The molecule has 134 valence electrons. The molecule has 0 radical (unpaired) electrons. The fourth-order valence-corrected chi connectivity index (χ4v) is 1.75. The van der Waals surface area contributed by atoms with Gasteiger partial charge in [-0.15, -0.1) is 0 Å². The molecular weight excluding hydrogens is 334 g/mol. The van der Waals surface area contributed by atoms with Crippen LogP contribution in [-0.4, -0.2) is 52.5 Å². The minimum absolute atomic E-state index is 0.177. The van der Waals surface area contributed by atoms with Gasteiger partial charge in [0.2, 0.25) is 5.91 Å². The second kappa shape index (κ2) is 8.86. The molecule has 0 fully saturated rings. The lowest BCUT2D eigenvalue weighted by Crippen LogP contribution is -2.46. The third-order valence-electron chi connectivity index (χ3n) is 2.79. The van der Waals surface area contributed by atoms with Gasteiger partial charge in [-0.05, 0) is 18.2 Å². The minimum atomic E-state index is -1.59. The first-order valence-electron chi connectivity index (χ1n) is 6.91. The van der Waals surface area contributed by atoms with Crippen LogP contribution in [0.5, 0.6) is 0 Å². The summed E-state index contributed by atoms with van der Waals surface area (Å²) >= 11 is 0. The Morgan fingerprint density at radius 1 is 1.16 bits per heavy atom. The van der Waals surface area contributed by atoms with Crippen LogP contribution in [-0.2, 0) is 14.4 Å². The van der Waals surface area contributed by atoms with Crippen LogP contribution < -0.4 is 22.1 Å². The number of carbonyl (C=O) groups excluding carboxylic acids is 2. The Labute approximate surface area is 141 Å². The molecule has 0 aliphatic rings. The summed E-state index contributed by atoms with van der Waals surface area (Å²) in [5.74, 6) is -4.52. The number of nitrogens with two attached hydrogens (primary N) is 2. The number of guanidine groups is 1. The van der Waals surface area contributed by atoms with E-state index < -0.39 is 42.8 Å². The highest BCUT2D eigenvalue weighted by Crippen LogP contribution is 2.13. The van der Waals surface area contributed by atoms with Crippen LogP contribution >= 0.6 is 0 Å². The average Bonchev–Trinajstić information content (AvgIpc) is 2.51. The first-order valence-corrected chi connectivity index (χ1v) is 6.91. The summed E-state index contributed by atoms with van der Waals surface area (Å²) in [5, 5.41) is 21.7. The molecule has 0 spiro atoms. The highest BCUT2D eigenvalue weighted by molar-refractivity contribution is 5.97. The molecule has 1 unspecified atom stereocenters. The summed E-state index contributed by atoms with van der Waals surface area (Å²) < 4.78 is 0.